The van der Waals surface area contributed by atoms with Gasteiger partial charge < -0.3 is 4.74 Å². The maximum Gasteiger partial charge on any atom is 0.136 e. The largest absolute Gasteiger partial charge is 0.378 e. The summed E-state index contributed by atoms with van der Waals surface area (Å²) >= 11 is 0. The van der Waals surface area contributed by atoms with Gasteiger partial charge in [0.15, 0.2) is 0 Å². The van der Waals surface area contributed by atoms with Crippen molar-refractivity contribution in [3.8, 4) is 0 Å². The maximum absolute atomic E-state index is 12.9. The van der Waals surface area contributed by atoms with E-state index in [9.17, 15) is 4.79 Å². The molecule has 0 radical (unpaired) electrons. The molecule has 1 aromatic carbocycles. The van der Waals surface area contributed by atoms with Crippen LogP contribution in [0.1, 0.15) is 63.4 Å². The van der Waals surface area contributed by atoms with Crippen molar-refractivity contribution in [1.82, 2.24) is 4.90 Å². The summed E-state index contributed by atoms with van der Waals surface area (Å²) in [7, 11) is 0. The number of morpholine rings is 1. The first kappa shape index (κ1) is 18.2. The summed E-state index contributed by atoms with van der Waals surface area (Å²) in [5.74, 6) is 1.62. The Morgan fingerprint density at radius 2 is 1.69 bits per heavy atom. The van der Waals surface area contributed by atoms with Crippen LogP contribution in [0.15, 0.2) is 30.3 Å². The highest BCUT2D eigenvalue weighted by atomic mass is 16.5. The van der Waals surface area contributed by atoms with Crippen LogP contribution in [-0.4, -0.2) is 36.0 Å². The van der Waals surface area contributed by atoms with Gasteiger partial charge in [0.05, 0.1) is 13.2 Å². The molecule has 4 rings (SSSR count). The molecule has 2 saturated heterocycles. The van der Waals surface area contributed by atoms with E-state index in [0.29, 0.717) is 17.9 Å². The Labute approximate surface area is 158 Å². The molecule has 0 amide bonds. The van der Waals surface area contributed by atoms with Gasteiger partial charge in [-0.25, -0.2) is 0 Å². The van der Waals surface area contributed by atoms with E-state index >= 15 is 0 Å². The van der Waals surface area contributed by atoms with Crippen LogP contribution < -0.4 is 0 Å². The molecule has 1 aromatic rings. The number of carbonyl (C=O) groups excluding carboxylic acids is 1. The van der Waals surface area contributed by atoms with Crippen LogP contribution in [0.25, 0.3) is 0 Å². The highest BCUT2D eigenvalue weighted by molar-refractivity contribution is 5.81. The molecule has 0 aromatic heterocycles. The molecule has 2 aliphatic heterocycles. The molecule has 3 aliphatic rings. The van der Waals surface area contributed by atoms with E-state index in [-0.39, 0.29) is 5.92 Å². The van der Waals surface area contributed by atoms with Gasteiger partial charge in [-0.1, -0.05) is 62.4 Å². The third-order valence-corrected chi connectivity index (χ3v) is 6.86. The van der Waals surface area contributed by atoms with E-state index in [2.05, 4.69) is 35.2 Å². The summed E-state index contributed by atoms with van der Waals surface area (Å²) in [6, 6.07) is 11.5. The van der Waals surface area contributed by atoms with Crippen molar-refractivity contribution < 1.29 is 9.53 Å². The van der Waals surface area contributed by atoms with Gasteiger partial charge in [-0.2, -0.15) is 0 Å². The van der Waals surface area contributed by atoms with Crippen molar-refractivity contribution in [3.63, 3.8) is 0 Å². The van der Waals surface area contributed by atoms with Gasteiger partial charge >= 0.3 is 0 Å². The molecule has 3 heteroatoms. The highest BCUT2D eigenvalue weighted by Gasteiger charge is 2.41. The number of carbonyl (C=O) groups is 1. The van der Waals surface area contributed by atoms with E-state index in [0.717, 1.165) is 51.4 Å². The molecule has 0 spiro atoms. The summed E-state index contributed by atoms with van der Waals surface area (Å²) in [6.07, 6.45) is 10.8. The zero-order valence-corrected chi connectivity index (χ0v) is 15.9. The number of rotatable bonds is 6. The molecule has 2 unspecified atom stereocenters. The van der Waals surface area contributed by atoms with Crippen molar-refractivity contribution in [2.24, 2.45) is 11.8 Å². The smallest absolute Gasteiger partial charge is 0.136 e. The number of ketones is 1. The van der Waals surface area contributed by atoms with Gasteiger partial charge in [-0.05, 0) is 30.7 Å². The lowest BCUT2D eigenvalue weighted by Gasteiger charge is -2.48. The summed E-state index contributed by atoms with van der Waals surface area (Å²) in [5.41, 5.74) is 1.37. The van der Waals surface area contributed by atoms with Crippen molar-refractivity contribution in [2.45, 2.75) is 76.4 Å². The molecule has 3 nitrogen and oxygen atoms in total. The second kappa shape index (κ2) is 8.67. The van der Waals surface area contributed by atoms with E-state index in [1.807, 2.05) is 0 Å². The topological polar surface area (TPSA) is 29.5 Å². The van der Waals surface area contributed by atoms with E-state index in [1.165, 1.54) is 37.7 Å². The number of fused-ring (bicyclic) bond motifs is 2. The predicted molar refractivity (Wildman–Crippen MR) is 104 cm³/mol. The number of ether oxygens (including phenoxy) is 1. The van der Waals surface area contributed by atoms with E-state index < -0.39 is 0 Å². The second-order valence-electron chi connectivity index (χ2n) is 8.68. The minimum atomic E-state index is 0.268. The van der Waals surface area contributed by atoms with Crippen molar-refractivity contribution in [3.05, 3.63) is 35.9 Å². The minimum Gasteiger partial charge on any atom is -0.378 e. The van der Waals surface area contributed by atoms with E-state index in [4.69, 9.17) is 4.74 Å². The first-order valence-corrected chi connectivity index (χ1v) is 10.7. The summed E-state index contributed by atoms with van der Waals surface area (Å²) in [5, 5.41) is 0. The Balaban J connectivity index is 1.32. The van der Waals surface area contributed by atoms with Crippen LogP contribution >= 0.6 is 0 Å². The van der Waals surface area contributed by atoms with Crippen LogP contribution in [0.4, 0.5) is 0 Å². The minimum absolute atomic E-state index is 0.268. The fraction of sp³-hybridized carbons (Fsp3) is 0.696. The molecule has 142 valence electrons. The molecule has 2 bridgehead atoms. The summed E-state index contributed by atoms with van der Waals surface area (Å²) < 4.78 is 5.83. The van der Waals surface area contributed by atoms with E-state index in [1.54, 1.807) is 0 Å². The lowest BCUT2D eigenvalue weighted by molar-refractivity contribution is -0.133. The number of hydrogen-bond acceptors (Lipinski definition) is 3. The fourth-order valence-electron chi connectivity index (χ4n) is 5.33. The SMILES string of the molecule is O=C(CCC1CCCCC1)C1CC2COCC(C1)N2Cc1ccccc1. The van der Waals surface area contributed by atoms with Gasteiger partial charge in [-0.3, -0.25) is 9.69 Å². The zero-order valence-electron chi connectivity index (χ0n) is 15.9. The fourth-order valence-corrected chi connectivity index (χ4v) is 5.33. The third-order valence-electron chi connectivity index (χ3n) is 6.86. The first-order chi connectivity index (χ1) is 12.8. The Morgan fingerprint density at radius 1 is 1.00 bits per heavy atom. The monoisotopic (exact) mass is 355 g/mol. The average Bonchev–Trinajstić information content (AvgIpc) is 2.67. The molecule has 1 saturated carbocycles. The Bertz CT molecular complexity index is 567. The Kier molecular flexibility index (Phi) is 6.06. The molecule has 2 atom stereocenters. The van der Waals surface area contributed by atoms with Gasteiger partial charge in [0.1, 0.15) is 5.78 Å². The van der Waals surface area contributed by atoms with Gasteiger partial charge in [0.25, 0.3) is 0 Å². The van der Waals surface area contributed by atoms with Crippen LogP contribution in [0.3, 0.4) is 0 Å². The first-order valence-electron chi connectivity index (χ1n) is 10.7. The lowest BCUT2D eigenvalue weighted by Crippen LogP contribution is -2.57. The Morgan fingerprint density at radius 3 is 2.38 bits per heavy atom. The van der Waals surface area contributed by atoms with Crippen molar-refractivity contribution >= 4 is 5.78 Å². The van der Waals surface area contributed by atoms with Crippen LogP contribution in [0.5, 0.6) is 0 Å². The van der Waals surface area contributed by atoms with Gasteiger partial charge in [-0.15, -0.1) is 0 Å². The van der Waals surface area contributed by atoms with Gasteiger partial charge in [0, 0.05) is 31.0 Å². The normalized spacial score (nSPS) is 30.2. The third kappa shape index (κ3) is 4.37. The highest BCUT2D eigenvalue weighted by Crippen LogP contribution is 2.35. The number of hydrogen-bond donors (Lipinski definition) is 0. The van der Waals surface area contributed by atoms with Gasteiger partial charge in [0.2, 0.25) is 0 Å². The number of benzene rings is 1. The zero-order chi connectivity index (χ0) is 17.8. The molecule has 1 aliphatic carbocycles. The number of Topliss-reactive ketones (excluding diaryl/α,β-unsaturated/α-hetero) is 1. The number of nitrogens with zero attached hydrogens (tertiary/aromatic N) is 1. The maximum atomic E-state index is 12.9. The molecule has 26 heavy (non-hydrogen) atoms. The average molecular weight is 356 g/mol. The van der Waals surface area contributed by atoms with Crippen molar-refractivity contribution in [2.75, 3.05) is 13.2 Å². The number of piperidine rings is 1. The second-order valence-corrected chi connectivity index (χ2v) is 8.68. The van der Waals surface area contributed by atoms with Crippen LogP contribution in [-0.2, 0) is 16.1 Å². The molecular weight excluding hydrogens is 322 g/mol. The molecule has 0 N–H and O–H groups in total. The molecular formula is C23H33NO2. The van der Waals surface area contributed by atoms with Crippen LogP contribution in [0.2, 0.25) is 0 Å². The predicted octanol–water partition coefficient (Wildman–Crippen LogP) is 4.60. The summed E-state index contributed by atoms with van der Waals surface area (Å²) in [6.45, 7) is 2.56. The molecule has 3 fully saturated rings. The quantitative estimate of drug-likeness (QED) is 0.747. The standard InChI is InChI=1S/C23H33NO2/c25-23(12-11-18-7-3-1-4-8-18)20-13-21-16-26-17-22(14-20)24(21)15-19-9-5-2-6-10-19/h2,5-6,9-10,18,20-22H,1,3-4,7-8,11-17H2. The Hall–Kier alpha value is -1.19. The lowest BCUT2D eigenvalue weighted by atomic mass is 9.79. The van der Waals surface area contributed by atoms with Crippen molar-refractivity contribution in [1.29, 1.82) is 0 Å². The molecule has 2 heterocycles. The van der Waals surface area contributed by atoms with Crippen LogP contribution in [0, 0.1) is 11.8 Å². The summed E-state index contributed by atoms with van der Waals surface area (Å²) in [4.78, 5) is 15.5.